The Kier molecular flexibility index (Phi) is 7.01. The van der Waals surface area contributed by atoms with E-state index in [1.807, 2.05) is 36.4 Å². The van der Waals surface area contributed by atoms with Gasteiger partial charge in [0.15, 0.2) is 0 Å². The summed E-state index contributed by atoms with van der Waals surface area (Å²) in [6.07, 6.45) is -0.623. The van der Waals surface area contributed by atoms with Crippen LogP contribution in [0.2, 0.25) is 0 Å². The molecule has 2 amide bonds. The van der Waals surface area contributed by atoms with Crippen LogP contribution in [-0.4, -0.2) is 43.3 Å². The second-order valence-corrected chi connectivity index (χ2v) is 8.31. The number of amides is 2. The van der Waals surface area contributed by atoms with E-state index in [1.165, 1.54) is 19.2 Å². The summed E-state index contributed by atoms with van der Waals surface area (Å²) in [4.78, 5) is 36.4. The summed E-state index contributed by atoms with van der Waals surface area (Å²) < 4.78 is 10.5. The Hall–Kier alpha value is -4.33. The molecule has 0 aromatic heterocycles. The summed E-state index contributed by atoms with van der Waals surface area (Å²) in [6.45, 7) is 1.83. The van der Waals surface area contributed by atoms with Gasteiger partial charge in [0, 0.05) is 12.5 Å². The molecule has 0 heterocycles. The molecule has 4 rings (SSSR count). The first kappa shape index (κ1) is 23.8. The van der Waals surface area contributed by atoms with Crippen molar-refractivity contribution in [2.24, 2.45) is 5.92 Å². The van der Waals surface area contributed by atoms with Crippen molar-refractivity contribution in [3.8, 4) is 16.9 Å². The molecule has 8 nitrogen and oxygen atoms in total. The third-order valence-electron chi connectivity index (χ3n) is 6.06. The van der Waals surface area contributed by atoms with Gasteiger partial charge in [-0.05, 0) is 40.5 Å². The van der Waals surface area contributed by atoms with Gasteiger partial charge in [-0.25, -0.2) is 9.59 Å². The molecule has 1 aliphatic rings. The molecule has 3 aromatic carbocycles. The Morgan fingerprint density at radius 3 is 2.20 bits per heavy atom. The highest BCUT2D eigenvalue weighted by atomic mass is 16.5. The molecule has 3 N–H and O–H groups in total. The van der Waals surface area contributed by atoms with Crippen molar-refractivity contribution >= 4 is 23.7 Å². The van der Waals surface area contributed by atoms with Gasteiger partial charge in [-0.3, -0.25) is 4.79 Å². The average Bonchev–Trinajstić information content (AvgIpc) is 3.19. The standard InChI is InChI=1S/C27H26N2O6/c1-16(25(30)29-24-12-11-17(34-2)13-22(24)26(31)32)14-28-27(33)35-15-23-20-9-5-3-7-18(20)19-8-4-6-10-21(19)23/h3-13,16,23H,14-15H2,1-2H3,(H,28,33)(H,29,30)(H,31,32). The Bertz CT molecular complexity index is 1230. The molecule has 0 spiro atoms. The Morgan fingerprint density at radius 2 is 1.60 bits per heavy atom. The summed E-state index contributed by atoms with van der Waals surface area (Å²) in [6, 6.07) is 20.5. The van der Waals surface area contributed by atoms with Crippen LogP contribution in [0.4, 0.5) is 10.5 Å². The lowest BCUT2D eigenvalue weighted by atomic mass is 9.98. The molecule has 1 atom stereocenters. The summed E-state index contributed by atoms with van der Waals surface area (Å²) in [7, 11) is 1.43. The summed E-state index contributed by atoms with van der Waals surface area (Å²) in [5.74, 6) is -1.94. The van der Waals surface area contributed by atoms with Crippen LogP contribution in [-0.2, 0) is 9.53 Å². The van der Waals surface area contributed by atoms with Crippen LogP contribution in [0.1, 0.15) is 34.3 Å². The van der Waals surface area contributed by atoms with Crippen LogP contribution in [0, 0.1) is 5.92 Å². The van der Waals surface area contributed by atoms with Crippen molar-refractivity contribution in [2.75, 3.05) is 25.6 Å². The van der Waals surface area contributed by atoms with Crippen LogP contribution in [0.25, 0.3) is 11.1 Å². The van der Waals surface area contributed by atoms with Gasteiger partial charge in [-0.15, -0.1) is 0 Å². The monoisotopic (exact) mass is 474 g/mol. The number of ether oxygens (including phenoxy) is 2. The molecule has 35 heavy (non-hydrogen) atoms. The molecule has 0 radical (unpaired) electrons. The predicted octanol–water partition coefficient (Wildman–Crippen LogP) is 4.51. The van der Waals surface area contributed by atoms with Gasteiger partial charge in [0.05, 0.1) is 24.3 Å². The second kappa shape index (κ2) is 10.3. The zero-order valence-corrected chi connectivity index (χ0v) is 19.4. The van der Waals surface area contributed by atoms with Gasteiger partial charge in [0.25, 0.3) is 0 Å². The minimum atomic E-state index is -1.19. The van der Waals surface area contributed by atoms with E-state index < -0.39 is 23.9 Å². The molecule has 0 bridgehead atoms. The average molecular weight is 475 g/mol. The van der Waals surface area contributed by atoms with E-state index in [2.05, 4.69) is 22.8 Å². The molecule has 180 valence electrons. The number of fused-ring (bicyclic) bond motifs is 3. The first-order chi connectivity index (χ1) is 16.9. The number of carbonyl (C=O) groups excluding carboxylic acids is 2. The molecule has 1 unspecified atom stereocenters. The van der Waals surface area contributed by atoms with Gasteiger partial charge in [0.1, 0.15) is 12.4 Å². The minimum absolute atomic E-state index is 0.0288. The van der Waals surface area contributed by atoms with E-state index in [9.17, 15) is 19.5 Å². The maximum atomic E-state index is 12.6. The molecule has 3 aromatic rings. The first-order valence-electron chi connectivity index (χ1n) is 11.2. The number of methoxy groups -OCH3 is 1. The fraction of sp³-hybridized carbons (Fsp3) is 0.222. The summed E-state index contributed by atoms with van der Waals surface area (Å²) >= 11 is 0. The van der Waals surface area contributed by atoms with Crippen molar-refractivity contribution in [3.63, 3.8) is 0 Å². The predicted molar refractivity (Wildman–Crippen MR) is 131 cm³/mol. The highest BCUT2D eigenvalue weighted by Crippen LogP contribution is 2.44. The number of carboxylic acids is 1. The second-order valence-electron chi connectivity index (χ2n) is 8.31. The van der Waals surface area contributed by atoms with E-state index in [-0.39, 0.29) is 30.3 Å². The molecule has 0 saturated carbocycles. The Morgan fingerprint density at radius 1 is 0.971 bits per heavy atom. The minimum Gasteiger partial charge on any atom is -0.497 e. The van der Waals surface area contributed by atoms with Crippen LogP contribution < -0.4 is 15.4 Å². The largest absolute Gasteiger partial charge is 0.497 e. The van der Waals surface area contributed by atoms with Crippen molar-refractivity contribution in [1.82, 2.24) is 5.32 Å². The van der Waals surface area contributed by atoms with E-state index in [0.29, 0.717) is 5.75 Å². The fourth-order valence-corrected chi connectivity index (χ4v) is 4.17. The van der Waals surface area contributed by atoms with Crippen molar-refractivity contribution < 1.29 is 29.0 Å². The van der Waals surface area contributed by atoms with Gasteiger partial charge >= 0.3 is 12.1 Å². The number of alkyl carbamates (subject to hydrolysis) is 1. The molecular weight excluding hydrogens is 448 g/mol. The van der Waals surface area contributed by atoms with Crippen LogP contribution >= 0.6 is 0 Å². The molecule has 1 aliphatic carbocycles. The van der Waals surface area contributed by atoms with E-state index in [4.69, 9.17) is 9.47 Å². The van der Waals surface area contributed by atoms with E-state index in [1.54, 1.807) is 13.0 Å². The van der Waals surface area contributed by atoms with Crippen molar-refractivity contribution in [2.45, 2.75) is 12.8 Å². The van der Waals surface area contributed by atoms with Gasteiger partial charge in [-0.1, -0.05) is 55.5 Å². The zero-order chi connectivity index (χ0) is 24.9. The summed E-state index contributed by atoms with van der Waals surface area (Å²) in [5.41, 5.74) is 4.57. The van der Waals surface area contributed by atoms with Crippen molar-refractivity contribution in [3.05, 3.63) is 83.4 Å². The Balaban J connectivity index is 1.32. The number of carboxylic acid groups (broad SMARTS) is 1. The van der Waals surface area contributed by atoms with Crippen LogP contribution in [0.15, 0.2) is 66.7 Å². The molecular formula is C27H26N2O6. The number of nitrogens with one attached hydrogen (secondary N) is 2. The molecule has 8 heteroatoms. The number of rotatable bonds is 8. The SMILES string of the molecule is COc1ccc(NC(=O)C(C)CNC(=O)OCC2c3ccccc3-c3ccccc32)c(C(=O)O)c1. The number of hydrogen-bond acceptors (Lipinski definition) is 5. The lowest BCUT2D eigenvalue weighted by Crippen LogP contribution is -2.35. The first-order valence-corrected chi connectivity index (χ1v) is 11.2. The number of aromatic carboxylic acids is 1. The molecule has 0 fully saturated rings. The lowest BCUT2D eigenvalue weighted by Gasteiger charge is -2.17. The van der Waals surface area contributed by atoms with Gasteiger partial charge in [0.2, 0.25) is 5.91 Å². The molecule has 0 aliphatic heterocycles. The zero-order valence-electron chi connectivity index (χ0n) is 19.4. The fourth-order valence-electron chi connectivity index (χ4n) is 4.17. The van der Waals surface area contributed by atoms with Crippen molar-refractivity contribution in [1.29, 1.82) is 0 Å². The van der Waals surface area contributed by atoms with E-state index in [0.717, 1.165) is 22.3 Å². The maximum absolute atomic E-state index is 12.6. The number of anilines is 1. The van der Waals surface area contributed by atoms with Crippen LogP contribution in [0.3, 0.4) is 0 Å². The topological polar surface area (TPSA) is 114 Å². The van der Waals surface area contributed by atoms with Gasteiger partial charge in [-0.2, -0.15) is 0 Å². The third kappa shape index (κ3) is 5.11. The van der Waals surface area contributed by atoms with Gasteiger partial charge < -0.3 is 25.2 Å². The van der Waals surface area contributed by atoms with E-state index >= 15 is 0 Å². The highest BCUT2D eigenvalue weighted by Gasteiger charge is 2.29. The normalized spacial score (nSPS) is 12.7. The highest BCUT2D eigenvalue weighted by molar-refractivity contribution is 6.01. The lowest BCUT2D eigenvalue weighted by molar-refractivity contribution is -0.119. The Labute approximate surface area is 202 Å². The molecule has 0 saturated heterocycles. The quantitative estimate of drug-likeness (QED) is 0.443. The number of benzene rings is 3. The third-order valence-corrected chi connectivity index (χ3v) is 6.06. The smallest absolute Gasteiger partial charge is 0.407 e. The summed E-state index contributed by atoms with van der Waals surface area (Å²) in [5, 5.41) is 14.6. The van der Waals surface area contributed by atoms with Crippen LogP contribution in [0.5, 0.6) is 5.75 Å². The maximum Gasteiger partial charge on any atom is 0.407 e. The number of hydrogen-bond donors (Lipinski definition) is 3. The number of carbonyl (C=O) groups is 3.